The van der Waals surface area contributed by atoms with Crippen molar-refractivity contribution >= 4 is 21.7 Å². The van der Waals surface area contributed by atoms with Crippen LogP contribution in [0, 0.1) is 5.92 Å². The average Bonchev–Trinajstić information content (AvgIpc) is 2.67. The molecule has 1 heterocycles. The van der Waals surface area contributed by atoms with Gasteiger partial charge in [-0.2, -0.15) is 0 Å². The molecular weight excluding hydrogens is 302 g/mol. The van der Waals surface area contributed by atoms with Crippen molar-refractivity contribution in [2.45, 2.75) is 33.7 Å². The number of rotatable bonds is 4. The standard InChI is InChI=1S/C15H20BrN3/c1-4-13-18-14(11-7-5-6-8-12(11)16)15(17)19(13)9-10(2)3/h5-8,10H,4,9,17H2,1-3H3. The van der Waals surface area contributed by atoms with Crippen LogP contribution in [-0.2, 0) is 13.0 Å². The van der Waals surface area contributed by atoms with Crippen LogP contribution in [0.2, 0.25) is 0 Å². The first-order valence-corrected chi connectivity index (χ1v) is 7.43. The van der Waals surface area contributed by atoms with Crippen LogP contribution >= 0.6 is 15.9 Å². The number of hydrogen-bond donors (Lipinski definition) is 1. The number of aryl methyl sites for hydroxylation is 1. The van der Waals surface area contributed by atoms with Crippen LogP contribution in [0.15, 0.2) is 28.7 Å². The first-order chi connectivity index (χ1) is 9.04. The van der Waals surface area contributed by atoms with Crippen LogP contribution in [0.5, 0.6) is 0 Å². The van der Waals surface area contributed by atoms with Gasteiger partial charge in [-0.15, -0.1) is 0 Å². The van der Waals surface area contributed by atoms with Crippen LogP contribution in [0.25, 0.3) is 11.3 Å². The zero-order chi connectivity index (χ0) is 14.0. The molecule has 0 atom stereocenters. The maximum absolute atomic E-state index is 6.31. The SMILES string of the molecule is CCc1nc(-c2ccccc2Br)c(N)n1CC(C)C. The predicted molar refractivity (Wildman–Crippen MR) is 84.0 cm³/mol. The molecule has 0 fully saturated rings. The summed E-state index contributed by atoms with van der Waals surface area (Å²) < 4.78 is 3.16. The number of benzene rings is 1. The Morgan fingerprint density at radius 3 is 2.58 bits per heavy atom. The summed E-state index contributed by atoms with van der Waals surface area (Å²) in [7, 11) is 0. The molecule has 1 aromatic carbocycles. The Bertz CT molecular complexity index is 573. The van der Waals surface area contributed by atoms with E-state index in [1.807, 2.05) is 24.3 Å². The number of nitrogen functional groups attached to an aromatic ring is 1. The highest BCUT2D eigenvalue weighted by Crippen LogP contribution is 2.32. The van der Waals surface area contributed by atoms with Gasteiger partial charge in [-0.05, 0) is 12.0 Å². The lowest BCUT2D eigenvalue weighted by molar-refractivity contribution is 0.513. The number of aromatic nitrogens is 2. The number of nitrogens with zero attached hydrogens (tertiary/aromatic N) is 2. The molecule has 2 rings (SSSR count). The van der Waals surface area contributed by atoms with E-state index in [0.29, 0.717) is 5.92 Å². The van der Waals surface area contributed by atoms with E-state index in [9.17, 15) is 0 Å². The molecule has 102 valence electrons. The van der Waals surface area contributed by atoms with Crippen LogP contribution < -0.4 is 5.73 Å². The molecule has 0 amide bonds. The largest absolute Gasteiger partial charge is 0.383 e. The highest BCUT2D eigenvalue weighted by Gasteiger charge is 2.17. The van der Waals surface area contributed by atoms with E-state index in [4.69, 9.17) is 10.7 Å². The summed E-state index contributed by atoms with van der Waals surface area (Å²) in [6.07, 6.45) is 0.890. The second-order valence-electron chi connectivity index (χ2n) is 5.10. The average molecular weight is 322 g/mol. The van der Waals surface area contributed by atoms with Crippen LogP contribution in [0.1, 0.15) is 26.6 Å². The second-order valence-corrected chi connectivity index (χ2v) is 5.95. The lowest BCUT2D eigenvalue weighted by Crippen LogP contribution is -2.10. The van der Waals surface area contributed by atoms with E-state index in [0.717, 1.165) is 40.3 Å². The second kappa shape index (κ2) is 5.78. The summed E-state index contributed by atoms with van der Waals surface area (Å²) in [5.41, 5.74) is 8.24. The molecule has 0 aliphatic heterocycles. The van der Waals surface area contributed by atoms with E-state index in [-0.39, 0.29) is 0 Å². The summed E-state index contributed by atoms with van der Waals surface area (Å²) in [4.78, 5) is 4.72. The molecule has 0 saturated carbocycles. The van der Waals surface area contributed by atoms with Gasteiger partial charge >= 0.3 is 0 Å². The third kappa shape index (κ3) is 2.84. The van der Waals surface area contributed by atoms with E-state index >= 15 is 0 Å². The number of halogens is 1. The van der Waals surface area contributed by atoms with Crippen molar-refractivity contribution in [2.24, 2.45) is 5.92 Å². The molecular formula is C15H20BrN3. The van der Waals surface area contributed by atoms with Crippen molar-refractivity contribution in [1.29, 1.82) is 0 Å². The molecule has 0 unspecified atom stereocenters. The first kappa shape index (κ1) is 14.1. The molecule has 0 bridgehead atoms. The Kier molecular flexibility index (Phi) is 4.30. The molecule has 0 aliphatic rings. The highest BCUT2D eigenvalue weighted by atomic mass is 79.9. The van der Waals surface area contributed by atoms with Crippen LogP contribution in [0.3, 0.4) is 0 Å². The van der Waals surface area contributed by atoms with E-state index in [1.54, 1.807) is 0 Å². The Morgan fingerprint density at radius 2 is 2.00 bits per heavy atom. The van der Waals surface area contributed by atoms with Gasteiger partial charge in [0.15, 0.2) is 0 Å². The predicted octanol–water partition coefficient (Wildman–Crippen LogP) is 4.11. The lowest BCUT2D eigenvalue weighted by atomic mass is 10.1. The molecule has 1 aromatic heterocycles. The van der Waals surface area contributed by atoms with E-state index in [2.05, 4.69) is 41.3 Å². The maximum Gasteiger partial charge on any atom is 0.131 e. The van der Waals surface area contributed by atoms with Crippen molar-refractivity contribution in [3.63, 3.8) is 0 Å². The zero-order valence-corrected chi connectivity index (χ0v) is 13.2. The van der Waals surface area contributed by atoms with Gasteiger partial charge in [0.2, 0.25) is 0 Å². The minimum Gasteiger partial charge on any atom is -0.383 e. The molecule has 19 heavy (non-hydrogen) atoms. The monoisotopic (exact) mass is 321 g/mol. The fourth-order valence-corrected chi connectivity index (χ4v) is 2.68. The molecule has 0 radical (unpaired) electrons. The van der Waals surface area contributed by atoms with E-state index < -0.39 is 0 Å². The van der Waals surface area contributed by atoms with Crippen LogP contribution in [0.4, 0.5) is 5.82 Å². The summed E-state index contributed by atoms with van der Waals surface area (Å²) in [6, 6.07) is 8.06. The molecule has 2 N–H and O–H groups in total. The van der Waals surface area contributed by atoms with Crippen molar-refractivity contribution in [3.05, 3.63) is 34.6 Å². The van der Waals surface area contributed by atoms with Crippen molar-refractivity contribution in [3.8, 4) is 11.3 Å². The van der Waals surface area contributed by atoms with Crippen molar-refractivity contribution in [1.82, 2.24) is 9.55 Å². The van der Waals surface area contributed by atoms with Gasteiger partial charge in [0, 0.05) is 23.0 Å². The topological polar surface area (TPSA) is 43.8 Å². The van der Waals surface area contributed by atoms with Gasteiger partial charge in [-0.1, -0.05) is 54.9 Å². The molecule has 4 heteroatoms. The van der Waals surface area contributed by atoms with Crippen molar-refractivity contribution < 1.29 is 0 Å². The third-order valence-corrected chi connectivity index (χ3v) is 3.77. The van der Waals surface area contributed by atoms with Crippen molar-refractivity contribution in [2.75, 3.05) is 5.73 Å². The van der Waals surface area contributed by atoms with Gasteiger partial charge in [-0.3, -0.25) is 0 Å². The fourth-order valence-electron chi connectivity index (χ4n) is 2.20. The zero-order valence-electron chi connectivity index (χ0n) is 11.7. The highest BCUT2D eigenvalue weighted by molar-refractivity contribution is 9.10. The smallest absolute Gasteiger partial charge is 0.131 e. The molecule has 0 saturated heterocycles. The first-order valence-electron chi connectivity index (χ1n) is 6.64. The van der Waals surface area contributed by atoms with Gasteiger partial charge in [0.05, 0.1) is 0 Å². The number of anilines is 1. The van der Waals surface area contributed by atoms with Crippen LogP contribution in [-0.4, -0.2) is 9.55 Å². The molecule has 3 nitrogen and oxygen atoms in total. The number of nitrogens with two attached hydrogens (primary N) is 1. The lowest BCUT2D eigenvalue weighted by Gasteiger charge is -2.11. The summed E-state index contributed by atoms with van der Waals surface area (Å²) in [6.45, 7) is 7.41. The minimum atomic E-state index is 0.550. The Balaban J connectivity index is 2.54. The number of hydrogen-bond acceptors (Lipinski definition) is 2. The Hall–Kier alpha value is -1.29. The Morgan fingerprint density at radius 1 is 1.32 bits per heavy atom. The van der Waals surface area contributed by atoms with E-state index in [1.165, 1.54) is 0 Å². The maximum atomic E-state index is 6.31. The quantitative estimate of drug-likeness (QED) is 0.920. The summed E-state index contributed by atoms with van der Waals surface area (Å²) >= 11 is 3.57. The van der Waals surface area contributed by atoms with Gasteiger partial charge < -0.3 is 10.3 Å². The molecule has 0 aliphatic carbocycles. The van der Waals surface area contributed by atoms with Gasteiger partial charge in [0.25, 0.3) is 0 Å². The van der Waals surface area contributed by atoms with Gasteiger partial charge in [0.1, 0.15) is 17.3 Å². The van der Waals surface area contributed by atoms with Gasteiger partial charge in [-0.25, -0.2) is 4.98 Å². The molecule has 0 spiro atoms. The normalized spacial score (nSPS) is 11.2. The summed E-state index contributed by atoms with van der Waals surface area (Å²) in [5.74, 6) is 2.36. The fraction of sp³-hybridized carbons (Fsp3) is 0.400. The minimum absolute atomic E-state index is 0.550. The molecule has 2 aromatic rings. The Labute approximate surface area is 123 Å². The number of imidazole rings is 1. The summed E-state index contributed by atoms with van der Waals surface area (Å²) in [5, 5.41) is 0. The third-order valence-electron chi connectivity index (χ3n) is 3.08.